The summed E-state index contributed by atoms with van der Waals surface area (Å²) in [6.07, 6.45) is 6.00. The molecule has 9 heteroatoms. The van der Waals surface area contributed by atoms with Gasteiger partial charge in [0.05, 0.1) is 27.1 Å². The van der Waals surface area contributed by atoms with Crippen LogP contribution in [0.3, 0.4) is 0 Å². The molecule has 4 heterocycles. The van der Waals surface area contributed by atoms with Gasteiger partial charge in [-0.25, -0.2) is 9.97 Å². The highest BCUT2D eigenvalue weighted by Crippen LogP contribution is 2.59. The highest BCUT2D eigenvalue weighted by atomic mass is 32.2. The normalized spacial score (nSPS) is 22.2. The van der Waals surface area contributed by atoms with Crippen molar-refractivity contribution in [1.29, 1.82) is 0 Å². The first-order valence-corrected chi connectivity index (χ1v) is 13.2. The Labute approximate surface area is 201 Å². The van der Waals surface area contributed by atoms with E-state index >= 15 is 0 Å². The standard InChI is InChI=1S/C24H27N7S2/c1-15-11-26-20(12-25-15)22-28-29-23(30(22)3)32-8-4-7-31-13-18-10-24(18,14-31)17-5-6-21-19(9-17)27-16(2)33-21/h5-6,9,11-12,18H,4,7-8,10,13-14H2,1-3H3/t18-,24?/m1/s1. The Kier molecular flexibility index (Phi) is 5.23. The third-order valence-electron chi connectivity index (χ3n) is 6.98. The van der Waals surface area contributed by atoms with Crippen LogP contribution in [0.2, 0.25) is 0 Å². The summed E-state index contributed by atoms with van der Waals surface area (Å²) in [4.78, 5) is 16.1. The Balaban J connectivity index is 1.03. The smallest absolute Gasteiger partial charge is 0.191 e. The molecule has 1 aliphatic heterocycles. The predicted molar refractivity (Wildman–Crippen MR) is 133 cm³/mol. The van der Waals surface area contributed by atoms with E-state index in [-0.39, 0.29) is 0 Å². The zero-order valence-electron chi connectivity index (χ0n) is 19.2. The number of hydrogen-bond acceptors (Lipinski definition) is 8. The van der Waals surface area contributed by atoms with Crippen LogP contribution in [-0.2, 0) is 12.5 Å². The van der Waals surface area contributed by atoms with E-state index in [1.807, 2.05) is 18.5 Å². The van der Waals surface area contributed by atoms with E-state index in [4.69, 9.17) is 4.98 Å². The first-order chi connectivity index (χ1) is 16.0. The molecule has 0 radical (unpaired) electrons. The van der Waals surface area contributed by atoms with Crippen LogP contribution >= 0.6 is 23.1 Å². The highest BCUT2D eigenvalue weighted by Gasteiger charge is 2.60. The molecule has 6 rings (SSSR count). The lowest BCUT2D eigenvalue weighted by Crippen LogP contribution is -2.27. The van der Waals surface area contributed by atoms with Crippen molar-refractivity contribution in [3.05, 3.63) is 46.9 Å². The number of fused-ring (bicyclic) bond motifs is 2. The molecule has 1 saturated carbocycles. The molecule has 1 aliphatic carbocycles. The van der Waals surface area contributed by atoms with Gasteiger partial charge in [0.1, 0.15) is 5.69 Å². The Morgan fingerprint density at radius 1 is 1.18 bits per heavy atom. The minimum Gasteiger partial charge on any atom is -0.304 e. The summed E-state index contributed by atoms with van der Waals surface area (Å²) in [5.41, 5.74) is 4.69. The number of likely N-dealkylation sites (tertiary alicyclic amines) is 1. The second-order valence-electron chi connectivity index (χ2n) is 9.32. The minimum atomic E-state index is 0.367. The van der Waals surface area contributed by atoms with E-state index in [1.54, 1.807) is 35.5 Å². The Bertz CT molecular complexity index is 1310. The van der Waals surface area contributed by atoms with Crippen LogP contribution in [0.15, 0.2) is 35.7 Å². The van der Waals surface area contributed by atoms with E-state index < -0.39 is 0 Å². The van der Waals surface area contributed by atoms with Crippen molar-refractivity contribution in [2.45, 2.75) is 37.3 Å². The number of nitrogens with zero attached hydrogens (tertiary/aromatic N) is 7. The van der Waals surface area contributed by atoms with Crippen LogP contribution in [0.5, 0.6) is 0 Å². The van der Waals surface area contributed by atoms with Crippen LogP contribution in [0.4, 0.5) is 0 Å². The number of thioether (sulfide) groups is 1. The summed E-state index contributed by atoms with van der Waals surface area (Å²) >= 11 is 3.56. The van der Waals surface area contributed by atoms with Gasteiger partial charge < -0.3 is 9.47 Å². The van der Waals surface area contributed by atoms with Crippen molar-refractivity contribution in [3.8, 4) is 11.5 Å². The van der Waals surface area contributed by atoms with E-state index in [2.05, 4.69) is 50.2 Å². The van der Waals surface area contributed by atoms with Crippen LogP contribution in [0.1, 0.15) is 29.1 Å². The summed E-state index contributed by atoms with van der Waals surface area (Å²) in [6.45, 7) is 7.56. The average molecular weight is 478 g/mol. The van der Waals surface area contributed by atoms with Crippen LogP contribution in [0.25, 0.3) is 21.7 Å². The van der Waals surface area contributed by atoms with Gasteiger partial charge in [-0.2, -0.15) is 0 Å². The molecular weight excluding hydrogens is 450 g/mol. The monoisotopic (exact) mass is 477 g/mol. The van der Waals surface area contributed by atoms with Crippen molar-refractivity contribution in [1.82, 2.24) is 34.6 Å². The van der Waals surface area contributed by atoms with E-state index in [1.165, 1.54) is 35.3 Å². The minimum absolute atomic E-state index is 0.367. The maximum absolute atomic E-state index is 4.72. The molecule has 0 N–H and O–H groups in total. The zero-order chi connectivity index (χ0) is 22.6. The highest BCUT2D eigenvalue weighted by molar-refractivity contribution is 7.99. The van der Waals surface area contributed by atoms with Crippen molar-refractivity contribution in [2.75, 3.05) is 25.4 Å². The molecule has 2 fully saturated rings. The van der Waals surface area contributed by atoms with Gasteiger partial charge in [0.2, 0.25) is 0 Å². The number of aryl methyl sites for hydroxylation is 2. The summed E-state index contributed by atoms with van der Waals surface area (Å²) in [7, 11) is 2.00. The van der Waals surface area contributed by atoms with Crippen LogP contribution in [-0.4, -0.2) is 60.0 Å². The molecule has 0 spiro atoms. The fourth-order valence-electron chi connectivity index (χ4n) is 5.18. The van der Waals surface area contributed by atoms with E-state index in [0.29, 0.717) is 5.41 Å². The van der Waals surface area contributed by atoms with Crippen LogP contribution in [0, 0.1) is 19.8 Å². The molecule has 0 amide bonds. The molecular formula is C24H27N7S2. The summed E-state index contributed by atoms with van der Waals surface area (Å²) in [5, 5.41) is 10.8. The SMILES string of the molecule is Cc1cnc(-c2nnc(SCCCN3C[C@H]4CC4(c4ccc5sc(C)nc5c4)C3)n2C)cn1. The third-order valence-corrected chi connectivity index (χ3v) is 9.04. The van der Waals surface area contributed by atoms with Gasteiger partial charge in [-0.1, -0.05) is 17.8 Å². The first-order valence-electron chi connectivity index (χ1n) is 11.4. The predicted octanol–water partition coefficient (Wildman–Crippen LogP) is 4.25. The number of piperidine rings is 1. The lowest BCUT2D eigenvalue weighted by Gasteiger charge is -2.21. The van der Waals surface area contributed by atoms with E-state index in [0.717, 1.165) is 52.0 Å². The molecule has 2 atom stereocenters. The maximum Gasteiger partial charge on any atom is 0.191 e. The molecule has 0 bridgehead atoms. The molecule has 170 valence electrons. The van der Waals surface area contributed by atoms with Gasteiger partial charge in [-0.15, -0.1) is 21.5 Å². The lowest BCUT2D eigenvalue weighted by molar-refractivity contribution is 0.299. The lowest BCUT2D eigenvalue weighted by atomic mass is 9.95. The van der Waals surface area contributed by atoms with E-state index in [9.17, 15) is 0 Å². The largest absolute Gasteiger partial charge is 0.304 e. The van der Waals surface area contributed by atoms with Gasteiger partial charge in [0.15, 0.2) is 11.0 Å². The zero-order valence-corrected chi connectivity index (χ0v) is 20.8. The molecule has 33 heavy (non-hydrogen) atoms. The Morgan fingerprint density at radius 3 is 2.94 bits per heavy atom. The van der Waals surface area contributed by atoms with Crippen molar-refractivity contribution < 1.29 is 0 Å². The average Bonchev–Trinajstić information content (AvgIpc) is 3.08. The van der Waals surface area contributed by atoms with Crippen molar-refractivity contribution in [3.63, 3.8) is 0 Å². The Morgan fingerprint density at radius 2 is 2.09 bits per heavy atom. The number of benzene rings is 1. The number of hydrogen-bond donors (Lipinski definition) is 0. The quantitative estimate of drug-likeness (QED) is 0.291. The maximum atomic E-state index is 4.72. The van der Waals surface area contributed by atoms with Gasteiger partial charge in [-0.3, -0.25) is 4.98 Å². The summed E-state index contributed by atoms with van der Waals surface area (Å²) in [6, 6.07) is 6.97. The number of rotatable bonds is 7. The number of thiazole rings is 1. The van der Waals surface area contributed by atoms with Gasteiger partial charge in [-0.05, 0) is 56.8 Å². The summed E-state index contributed by atoms with van der Waals surface area (Å²) in [5.74, 6) is 2.60. The fraction of sp³-hybridized carbons (Fsp3) is 0.458. The number of aromatic nitrogens is 6. The molecule has 4 aromatic rings. The van der Waals surface area contributed by atoms with Crippen molar-refractivity contribution in [2.24, 2.45) is 13.0 Å². The van der Waals surface area contributed by atoms with Crippen LogP contribution < -0.4 is 0 Å². The third kappa shape index (κ3) is 3.86. The fourth-order valence-corrected chi connectivity index (χ4v) is 6.82. The molecule has 7 nitrogen and oxygen atoms in total. The molecule has 1 saturated heterocycles. The second-order valence-corrected chi connectivity index (χ2v) is 11.6. The van der Waals surface area contributed by atoms with Gasteiger partial charge >= 0.3 is 0 Å². The molecule has 1 unspecified atom stereocenters. The second kappa shape index (κ2) is 8.14. The van der Waals surface area contributed by atoms with Gasteiger partial charge in [0, 0.05) is 37.5 Å². The Hall–Kier alpha value is -2.36. The molecule has 3 aromatic heterocycles. The first kappa shape index (κ1) is 21.2. The summed E-state index contributed by atoms with van der Waals surface area (Å²) < 4.78 is 3.32. The van der Waals surface area contributed by atoms with Gasteiger partial charge in [0.25, 0.3) is 0 Å². The molecule has 2 aliphatic rings. The topological polar surface area (TPSA) is 72.6 Å². The van der Waals surface area contributed by atoms with Crippen molar-refractivity contribution >= 4 is 33.3 Å². The molecule has 1 aromatic carbocycles.